The number of carbonyl (C=O) groups is 1. The molecular formula is C14H16BrNO2. The van der Waals surface area contributed by atoms with Crippen molar-refractivity contribution in [1.29, 1.82) is 5.26 Å². The minimum absolute atomic E-state index is 0.230. The van der Waals surface area contributed by atoms with Crippen LogP contribution in [0.15, 0.2) is 12.1 Å². The van der Waals surface area contributed by atoms with E-state index in [9.17, 15) is 4.79 Å². The smallest absolute Gasteiger partial charge is 0.310 e. The molecule has 0 aliphatic rings. The van der Waals surface area contributed by atoms with Gasteiger partial charge in [0, 0.05) is 5.33 Å². The summed E-state index contributed by atoms with van der Waals surface area (Å²) in [5.41, 5.74) is 3.55. The molecule has 1 rings (SSSR count). The van der Waals surface area contributed by atoms with E-state index in [-0.39, 0.29) is 12.4 Å². The summed E-state index contributed by atoms with van der Waals surface area (Å²) in [6.07, 6.45) is 1.06. The van der Waals surface area contributed by atoms with Crippen molar-refractivity contribution in [2.75, 3.05) is 6.61 Å². The van der Waals surface area contributed by atoms with E-state index in [1.54, 1.807) is 13.0 Å². The molecule has 1 aromatic rings. The molecule has 0 spiro atoms. The second-order valence-corrected chi connectivity index (χ2v) is 4.42. The van der Waals surface area contributed by atoms with Gasteiger partial charge in [-0.1, -0.05) is 28.9 Å². The van der Waals surface area contributed by atoms with Crippen LogP contribution in [-0.2, 0) is 27.7 Å². The second-order valence-electron chi connectivity index (χ2n) is 3.86. The SMILES string of the molecule is CCOC(=O)Cc1cc(C#N)c(CBr)cc1CC. The molecule has 18 heavy (non-hydrogen) atoms. The quantitative estimate of drug-likeness (QED) is 0.620. The van der Waals surface area contributed by atoms with Gasteiger partial charge in [-0.05, 0) is 36.1 Å². The van der Waals surface area contributed by atoms with Crippen LogP contribution in [0.25, 0.3) is 0 Å². The number of alkyl halides is 1. The number of nitrogens with zero attached hydrogens (tertiary/aromatic N) is 1. The number of carbonyl (C=O) groups excluding carboxylic acids is 1. The van der Waals surface area contributed by atoms with E-state index in [1.165, 1.54) is 0 Å². The van der Waals surface area contributed by atoms with Gasteiger partial charge >= 0.3 is 5.97 Å². The van der Waals surface area contributed by atoms with Crippen molar-refractivity contribution in [3.8, 4) is 6.07 Å². The molecule has 96 valence electrons. The first kappa shape index (κ1) is 14.7. The van der Waals surface area contributed by atoms with Gasteiger partial charge in [-0.25, -0.2) is 0 Å². The van der Waals surface area contributed by atoms with E-state index in [1.807, 2.05) is 13.0 Å². The molecule has 0 atom stereocenters. The number of esters is 1. The minimum atomic E-state index is -0.248. The van der Waals surface area contributed by atoms with Crippen molar-refractivity contribution < 1.29 is 9.53 Å². The number of benzene rings is 1. The Hall–Kier alpha value is -1.34. The van der Waals surface area contributed by atoms with Gasteiger partial charge in [0.15, 0.2) is 0 Å². The third kappa shape index (κ3) is 3.58. The Morgan fingerprint density at radius 1 is 1.33 bits per heavy atom. The van der Waals surface area contributed by atoms with Gasteiger partial charge in [0.05, 0.1) is 24.7 Å². The fourth-order valence-corrected chi connectivity index (χ4v) is 2.28. The molecule has 0 fully saturated rings. The summed E-state index contributed by atoms with van der Waals surface area (Å²) in [6.45, 7) is 4.20. The highest BCUT2D eigenvalue weighted by atomic mass is 79.9. The van der Waals surface area contributed by atoms with Gasteiger partial charge in [-0.2, -0.15) is 5.26 Å². The van der Waals surface area contributed by atoms with Crippen molar-refractivity contribution in [2.45, 2.75) is 32.0 Å². The molecule has 0 aliphatic heterocycles. The molecule has 4 heteroatoms. The van der Waals surface area contributed by atoms with Crippen molar-refractivity contribution >= 4 is 21.9 Å². The fraction of sp³-hybridized carbons (Fsp3) is 0.429. The molecule has 0 N–H and O–H groups in total. The molecule has 0 heterocycles. The zero-order valence-corrected chi connectivity index (χ0v) is 12.2. The molecule has 0 saturated heterocycles. The molecule has 3 nitrogen and oxygen atoms in total. The summed E-state index contributed by atoms with van der Waals surface area (Å²) in [5.74, 6) is -0.248. The molecule has 0 radical (unpaired) electrons. The third-order valence-electron chi connectivity index (χ3n) is 2.71. The highest BCUT2D eigenvalue weighted by Crippen LogP contribution is 2.20. The Bertz CT molecular complexity index is 477. The summed E-state index contributed by atoms with van der Waals surface area (Å²) in [7, 11) is 0. The zero-order valence-electron chi connectivity index (χ0n) is 10.6. The predicted octanol–water partition coefficient (Wildman–Crippen LogP) is 3.12. The summed E-state index contributed by atoms with van der Waals surface area (Å²) >= 11 is 3.37. The average molecular weight is 310 g/mol. The number of rotatable bonds is 5. The van der Waals surface area contributed by atoms with Crippen LogP contribution in [0.2, 0.25) is 0 Å². The Kier molecular flexibility index (Phi) is 5.87. The van der Waals surface area contributed by atoms with E-state index >= 15 is 0 Å². The Morgan fingerprint density at radius 3 is 2.56 bits per heavy atom. The highest BCUT2D eigenvalue weighted by Gasteiger charge is 2.12. The van der Waals surface area contributed by atoms with E-state index in [0.717, 1.165) is 23.1 Å². The average Bonchev–Trinajstić information content (AvgIpc) is 2.38. The summed E-state index contributed by atoms with van der Waals surface area (Å²) < 4.78 is 4.94. The first-order chi connectivity index (χ1) is 8.65. The molecule has 1 aromatic carbocycles. The number of aryl methyl sites for hydroxylation is 1. The summed E-state index contributed by atoms with van der Waals surface area (Å²) in [5, 5.41) is 9.73. The lowest BCUT2D eigenvalue weighted by Gasteiger charge is -2.11. The van der Waals surface area contributed by atoms with E-state index < -0.39 is 0 Å². The highest BCUT2D eigenvalue weighted by molar-refractivity contribution is 9.08. The number of halogens is 1. The number of hydrogen-bond donors (Lipinski definition) is 0. The maximum absolute atomic E-state index is 11.5. The van der Waals surface area contributed by atoms with Crippen LogP contribution in [0, 0.1) is 11.3 Å². The van der Waals surface area contributed by atoms with Crippen LogP contribution in [0.1, 0.15) is 36.1 Å². The normalized spacial score (nSPS) is 9.89. The lowest BCUT2D eigenvalue weighted by Crippen LogP contribution is -2.10. The van der Waals surface area contributed by atoms with Crippen LogP contribution in [0.3, 0.4) is 0 Å². The van der Waals surface area contributed by atoms with Gasteiger partial charge in [0.25, 0.3) is 0 Å². The van der Waals surface area contributed by atoms with Gasteiger partial charge < -0.3 is 4.74 Å². The zero-order chi connectivity index (χ0) is 13.5. The lowest BCUT2D eigenvalue weighted by molar-refractivity contribution is -0.142. The third-order valence-corrected chi connectivity index (χ3v) is 3.31. The van der Waals surface area contributed by atoms with Crippen molar-refractivity contribution in [3.63, 3.8) is 0 Å². The van der Waals surface area contributed by atoms with Crippen LogP contribution in [-0.4, -0.2) is 12.6 Å². The maximum Gasteiger partial charge on any atom is 0.310 e. The van der Waals surface area contributed by atoms with Crippen LogP contribution >= 0.6 is 15.9 Å². The van der Waals surface area contributed by atoms with Crippen LogP contribution in [0.4, 0.5) is 0 Å². The van der Waals surface area contributed by atoms with Crippen molar-refractivity contribution in [3.05, 3.63) is 34.4 Å². The van der Waals surface area contributed by atoms with E-state index in [2.05, 4.69) is 22.0 Å². The fourth-order valence-electron chi connectivity index (χ4n) is 1.82. The van der Waals surface area contributed by atoms with Crippen molar-refractivity contribution in [2.24, 2.45) is 0 Å². The molecular weight excluding hydrogens is 294 g/mol. The molecule has 0 aliphatic carbocycles. The predicted molar refractivity (Wildman–Crippen MR) is 73.5 cm³/mol. The second kappa shape index (κ2) is 7.17. The Balaban J connectivity index is 3.10. The molecule has 0 unspecified atom stereocenters. The standard InChI is InChI=1S/C14H16BrNO2/c1-3-10-5-12(8-15)13(9-16)6-11(10)7-14(17)18-4-2/h5-6H,3-4,7-8H2,1-2H3. The first-order valence-electron chi connectivity index (χ1n) is 5.92. The molecule has 0 amide bonds. The van der Waals surface area contributed by atoms with E-state index in [4.69, 9.17) is 10.00 Å². The Labute approximate surface area is 116 Å². The van der Waals surface area contributed by atoms with E-state index in [0.29, 0.717) is 17.5 Å². The monoisotopic (exact) mass is 309 g/mol. The molecule has 0 saturated carbocycles. The Morgan fingerprint density at radius 2 is 2.06 bits per heavy atom. The maximum atomic E-state index is 11.5. The number of nitriles is 1. The summed E-state index contributed by atoms with van der Waals surface area (Å²) in [6, 6.07) is 5.95. The summed E-state index contributed by atoms with van der Waals surface area (Å²) in [4.78, 5) is 11.5. The van der Waals surface area contributed by atoms with Crippen molar-refractivity contribution in [1.82, 2.24) is 0 Å². The van der Waals surface area contributed by atoms with Gasteiger partial charge in [0.2, 0.25) is 0 Å². The van der Waals surface area contributed by atoms with Gasteiger partial charge in [0.1, 0.15) is 0 Å². The lowest BCUT2D eigenvalue weighted by atomic mass is 9.96. The topological polar surface area (TPSA) is 50.1 Å². The minimum Gasteiger partial charge on any atom is -0.466 e. The first-order valence-corrected chi connectivity index (χ1v) is 7.04. The molecule has 0 bridgehead atoms. The van der Waals surface area contributed by atoms with Crippen LogP contribution in [0.5, 0.6) is 0 Å². The molecule has 0 aromatic heterocycles. The number of hydrogen-bond acceptors (Lipinski definition) is 3. The number of ether oxygens (including phenoxy) is 1. The van der Waals surface area contributed by atoms with Gasteiger partial charge in [-0.3, -0.25) is 4.79 Å². The van der Waals surface area contributed by atoms with Crippen LogP contribution < -0.4 is 0 Å². The van der Waals surface area contributed by atoms with Gasteiger partial charge in [-0.15, -0.1) is 0 Å². The largest absolute Gasteiger partial charge is 0.466 e.